The zero-order valence-electron chi connectivity index (χ0n) is 5.47. The van der Waals surface area contributed by atoms with E-state index in [9.17, 15) is 4.39 Å². The van der Waals surface area contributed by atoms with Gasteiger partial charge in [0.2, 0.25) is 0 Å². The number of hydrogen-bond acceptors (Lipinski definition) is 1. The summed E-state index contributed by atoms with van der Waals surface area (Å²) < 4.78 is 18.1. The van der Waals surface area contributed by atoms with Gasteiger partial charge in [-0.1, -0.05) is 12.1 Å². The number of rotatable bonds is 0. The van der Waals surface area contributed by atoms with Crippen LogP contribution in [-0.2, 0) is 0 Å². The van der Waals surface area contributed by atoms with Crippen LogP contribution in [0.25, 0.3) is 11.0 Å². The van der Waals surface area contributed by atoms with Crippen LogP contribution in [0.1, 0.15) is 0 Å². The van der Waals surface area contributed by atoms with Crippen molar-refractivity contribution in [1.29, 1.82) is 0 Å². The Morgan fingerprint density at radius 2 is 2.18 bits per heavy atom. The van der Waals surface area contributed by atoms with Crippen molar-refractivity contribution in [2.24, 2.45) is 0 Å². The summed E-state index contributed by atoms with van der Waals surface area (Å²) in [4.78, 5) is 0. The van der Waals surface area contributed by atoms with Crippen molar-refractivity contribution < 1.29 is 8.81 Å². The second-order valence-electron chi connectivity index (χ2n) is 2.21. The smallest absolute Gasteiger partial charge is 0.278 e. The number of para-hydroxylation sites is 1. The van der Waals surface area contributed by atoms with Crippen LogP contribution in [0.15, 0.2) is 33.2 Å². The van der Waals surface area contributed by atoms with Crippen LogP contribution < -0.4 is 0 Å². The van der Waals surface area contributed by atoms with Crippen molar-refractivity contribution in [3.05, 3.63) is 34.8 Å². The van der Waals surface area contributed by atoms with Crippen LogP contribution in [0, 0.1) is 6.01 Å². The molecule has 0 unspecified atom stereocenters. The fourth-order valence-corrected chi connectivity index (χ4v) is 1.46. The van der Waals surface area contributed by atoms with Crippen molar-refractivity contribution in [1.82, 2.24) is 0 Å². The molecule has 3 heteroatoms. The summed E-state index contributed by atoms with van der Waals surface area (Å²) in [5.41, 5.74) is 0.560. The van der Waals surface area contributed by atoms with Crippen LogP contribution in [0.3, 0.4) is 0 Å². The fraction of sp³-hybridized carbons (Fsp3) is 0. The molecule has 0 saturated heterocycles. The zero-order chi connectivity index (χ0) is 7.84. The first kappa shape index (κ1) is 6.85. The molecule has 1 heterocycles. The highest BCUT2D eigenvalue weighted by Crippen LogP contribution is 2.25. The Hall–Kier alpha value is -0.830. The van der Waals surface area contributed by atoms with Crippen molar-refractivity contribution in [3.63, 3.8) is 0 Å². The van der Waals surface area contributed by atoms with Gasteiger partial charge in [-0.3, -0.25) is 0 Å². The van der Waals surface area contributed by atoms with Crippen LogP contribution in [0.2, 0.25) is 0 Å². The Morgan fingerprint density at radius 1 is 1.36 bits per heavy atom. The quantitative estimate of drug-likeness (QED) is 0.656. The second kappa shape index (κ2) is 2.34. The second-order valence-corrected chi connectivity index (χ2v) is 3.06. The lowest BCUT2D eigenvalue weighted by Gasteiger charge is -1.88. The maximum absolute atomic E-state index is 12.5. The molecule has 2 rings (SSSR count). The molecule has 1 aromatic carbocycles. The minimum atomic E-state index is -0.549. The molecule has 1 nitrogen and oxygen atoms in total. The fourth-order valence-electron chi connectivity index (χ4n) is 0.996. The topological polar surface area (TPSA) is 13.1 Å². The highest BCUT2D eigenvalue weighted by Gasteiger charge is 2.04. The summed E-state index contributed by atoms with van der Waals surface area (Å²) >= 11 is 3.25. The first-order valence-electron chi connectivity index (χ1n) is 3.11. The number of benzene rings is 1. The van der Waals surface area contributed by atoms with E-state index >= 15 is 0 Å². The van der Waals surface area contributed by atoms with E-state index in [-0.39, 0.29) is 0 Å². The molecule has 1 aromatic heterocycles. The van der Waals surface area contributed by atoms with Gasteiger partial charge in [-0.2, -0.15) is 4.39 Å². The Labute approximate surface area is 70.9 Å². The normalized spacial score (nSPS) is 10.7. The number of hydrogen-bond donors (Lipinski definition) is 0. The third-order valence-corrected chi connectivity index (χ3v) is 2.09. The van der Waals surface area contributed by atoms with E-state index in [4.69, 9.17) is 4.42 Å². The zero-order valence-corrected chi connectivity index (χ0v) is 7.06. The lowest BCUT2D eigenvalue weighted by Crippen LogP contribution is -1.63. The molecule has 0 aliphatic rings. The molecule has 0 aliphatic heterocycles. The highest BCUT2D eigenvalue weighted by molar-refractivity contribution is 9.10. The van der Waals surface area contributed by atoms with E-state index in [1.165, 1.54) is 6.07 Å². The van der Waals surface area contributed by atoms with E-state index in [0.717, 1.165) is 9.86 Å². The Morgan fingerprint density at radius 3 is 2.91 bits per heavy atom. The van der Waals surface area contributed by atoms with E-state index < -0.39 is 6.01 Å². The summed E-state index contributed by atoms with van der Waals surface area (Å²) in [7, 11) is 0. The van der Waals surface area contributed by atoms with Gasteiger partial charge < -0.3 is 4.42 Å². The highest BCUT2D eigenvalue weighted by atomic mass is 79.9. The maximum Gasteiger partial charge on any atom is 0.278 e. The molecule has 0 spiro atoms. The Kier molecular flexibility index (Phi) is 1.46. The summed E-state index contributed by atoms with van der Waals surface area (Å²) in [5, 5.41) is 0.775. The maximum atomic E-state index is 12.5. The molecular weight excluding hydrogens is 211 g/mol. The van der Waals surface area contributed by atoms with Gasteiger partial charge >= 0.3 is 0 Å². The standard InChI is InChI=1S/C8H4BrFO/c9-6-3-1-2-5-4-7(10)11-8(5)6/h1-4H. The third kappa shape index (κ3) is 1.05. The minimum absolute atomic E-state index is 0.549. The summed E-state index contributed by atoms with van der Waals surface area (Å²) in [6, 6.07) is 6.26. The average molecular weight is 215 g/mol. The van der Waals surface area contributed by atoms with Gasteiger partial charge in [0.05, 0.1) is 4.47 Å². The number of halogens is 2. The molecule has 0 saturated carbocycles. The Balaban J connectivity index is 2.90. The van der Waals surface area contributed by atoms with Crippen LogP contribution >= 0.6 is 15.9 Å². The predicted molar refractivity (Wildman–Crippen MR) is 43.9 cm³/mol. The molecule has 0 amide bonds. The molecule has 0 atom stereocenters. The first-order chi connectivity index (χ1) is 5.27. The molecular formula is C8H4BrFO. The van der Waals surface area contributed by atoms with Gasteiger partial charge in [-0.25, -0.2) is 0 Å². The van der Waals surface area contributed by atoms with Gasteiger partial charge in [-0.05, 0) is 22.0 Å². The molecule has 0 fully saturated rings. The van der Waals surface area contributed by atoms with Crippen LogP contribution in [-0.4, -0.2) is 0 Å². The van der Waals surface area contributed by atoms with Gasteiger partial charge in [0.15, 0.2) is 5.58 Å². The average Bonchev–Trinajstić information content (AvgIpc) is 2.31. The summed E-state index contributed by atoms with van der Waals surface area (Å²) in [6.07, 6.45) is 0. The first-order valence-corrected chi connectivity index (χ1v) is 3.90. The molecule has 0 bridgehead atoms. The molecule has 11 heavy (non-hydrogen) atoms. The number of fused-ring (bicyclic) bond motifs is 1. The van der Waals surface area contributed by atoms with Gasteiger partial charge in [-0.15, -0.1) is 0 Å². The van der Waals surface area contributed by atoms with E-state index in [0.29, 0.717) is 5.58 Å². The predicted octanol–water partition coefficient (Wildman–Crippen LogP) is 3.33. The van der Waals surface area contributed by atoms with Gasteiger partial charge in [0.25, 0.3) is 6.01 Å². The third-order valence-electron chi connectivity index (χ3n) is 1.47. The van der Waals surface area contributed by atoms with E-state index in [1.54, 1.807) is 6.07 Å². The van der Waals surface area contributed by atoms with Crippen molar-refractivity contribution in [2.45, 2.75) is 0 Å². The lowest BCUT2D eigenvalue weighted by atomic mass is 10.3. The largest absolute Gasteiger partial charge is 0.430 e. The monoisotopic (exact) mass is 214 g/mol. The van der Waals surface area contributed by atoms with Crippen molar-refractivity contribution in [2.75, 3.05) is 0 Å². The van der Waals surface area contributed by atoms with Crippen LogP contribution in [0.4, 0.5) is 4.39 Å². The van der Waals surface area contributed by atoms with Crippen molar-refractivity contribution in [3.8, 4) is 0 Å². The molecule has 56 valence electrons. The molecule has 0 radical (unpaired) electrons. The van der Waals surface area contributed by atoms with Gasteiger partial charge in [0, 0.05) is 11.5 Å². The minimum Gasteiger partial charge on any atom is -0.430 e. The SMILES string of the molecule is Fc1cc2cccc(Br)c2o1. The van der Waals surface area contributed by atoms with E-state index in [2.05, 4.69) is 15.9 Å². The molecule has 0 N–H and O–H groups in total. The van der Waals surface area contributed by atoms with Crippen LogP contribution in [0.5, 0.6) is 0 Å². The Bertz CT molecular complexity index is 394. The van der Waals surface area contributed by atoms with Crippen molar-refractivity contribution >= 4 is 26.9 Å². The van der Waals surface area contributed by atoms with Gasteiger partial charge in [0.1, 0.15) is 0 Å². The number of furan rings is 1. The molecule has 0 aliphatic carbocycles. The molecule has 2 aromatic rings. The van der Waals surface area contributed by atoms with E-state index in [1.807, 2.05) is 12.1 Å². The lowest BCUT2D eigenvalue weighted by molar-refractivity contribution is 0.380. The summed E-state index contributed by atoms with van der Waals surface area (Å²) in [5.74, 6) is 0. The summed E-state index contributed by atoms with van der Waals surface area (Å²) in [6.45, 7) is 0.